The van der Waals surface area contributed by atoms with Gasteiger partial charge in [0.05, 0.1) is 0 Å². The fraction of sp³-hybridized carbons (Fsp3) is 0.929. The van der Waals surface area contributed by atoms with Gasteiger partial charge >= 0.3 is 0 Å². The molecule has 0 saturated heterocycles. The Balaban J connectivity index is 1.75. The van der Waals surface area contributed by atoms with E-state index < -0.39 is 0 Å². The number of carbonyl (C=O) groups excluding carboxylic acids is 1. The molecule has 1 heteroatoms. The predicted molar refractivity (Wildman–Crippen MR) is 51.5 cm³/mol. The number of rotatable bonds is 0. The maximum Gasteiger partial charge on any atom is 0.140 e. The van der Waals surface area contributed by atoms with Crippen LogP contribution in [0.4, 0.5) is 0 Å². The molecule has 8 aliphatic rings. The lowest BCUT2D eigenvalue weighted by atomic mass is 9.80. The Kier molecular flexibility index (Phi) is 0.596. The smallest absolute Gasteiger partial charge is 0.140 e. The topological polar surface area (TPSA) is 17.1 Å². The fourth-order valence-corrected chi connectivity index (χ4v) is 9.20. The predicted octanol–water partition coefficient (Wildman–Crippen LogP) is 1.44. The summed E-state index contributed by atoms with van der Waals surface area (Å²) in [6.07, 6.45) is 1.60. The van der Waals surface area contributed by atoms with Gasteiger partial charge in [0.25, 0.3) is 0 Å². The van der Waals surface area contributed by atoms with Gasteiger partial charge in [-0.2, -0.15) is 0 Å². The van der Waals surface area contributed by atoms with Crippen LogP contribution in [0.25, 0.3) is 0 Å². The van der Waals surface area contributed by atoms with E-state index >= 15 is 0 Å². The van der Waals surface area contributed by atoms with Crippen LogP contribution < -0.4 is 0 Å². The summed E-state index contributed by atoms with van der Waals surface area (Å²) < 4.78 is 0. The van der Waals surface area contributed by atoms with E-state index in [4.69, 9.17) is 0 Å². The largest absolute Gasteiger partial charge is 0.299 e. The van der Waals surface area contributed by atoms with Crippen molar-refractivity contribution in [2.75, 3.05) is 0 Å². The molecule has 0 N–H and O–H groups in total. The Hall–Kier alpha value is -0.330. The molecule has 1 nitrogen and oxygen atoms in total. The first-order valence-corrected chi connectivity index (χ1v) is 6.93. The summed E-state index contributed by atoms with van der Waals surface area (Å²) >= 11 is 0. The van der Waals surface area contributed by atoms with Crippen molar-refractivity contribution in [2.45, 2.75) is 6.42 Å². The average Bonchev–Trinajstić information content (AvgIpc) is 2.83. The van der Waals surface area contributed by atoms with Crippen LogP contribution in [-0.4, -0.2) is 5.78 Å². The van der Waals surface area contributed by atoms with E-state index in [1.807, 2.05) is 0 Å². The van der Waals surface area contributed by atoms with Gasteiger partial charge in [0, 0.05) is 11.8 Å². The van der Waals surface area contributed by atoms with Gasteiger partial charge in [0.1, 0.15) is 5.78 Å². The normalized spacial score (nSPS) is 90.5. The van der Waals surface area contributed by atoms with Crippen molar-refractivity contribution < 1.29 is 4.79 Å². The maximum atomic E-state index is 12.3. The van der Waals surface area contributed by atoms with Crippen molar-refractivity contribution >= 4 is 5.78 Å². The molecule has 0 amide bonds. The molecule has 0 heterocycles. The molecule has 0 aromatic heterocycles. The second-order valence-corrected chi connectivity index (χ2v) is 7.64. The van der Waals surface area contributed by atoms with E-state index in [1.54, 1.807) is 6.42 Å². The molecule has 12 atom stereocenters. The number of hydrogen-bond acceptors (Lipinski definition) is 1. The first-order valence-electron chi connectivity index (χ1n) is 6.93. The molecule has 8 aliphatic carbocycles. The van der Waals surface area contributed by atoms with Gasteiger partial charge in [0.15, 0.2) is 0 Å². The number of ketones is 1. The van der Waals surface area contributed by atoms with E-state index in [9.17, 15) is 4.79 Å². The van der Waals surface area contributed by atoms with E-state index in [0.717, 1.165) is 65.0 Å². The Morgan fingerprint density at radius 2 is 1.07 bits per heavy atom. The molecule has 0 radical (unpaired) electrons. The van der Waals surface area contributed by atoms with E-state index in [2.05, 4.69) is 0 Å². The number of hydrogen-bond donors (Lipinski definition) is 0. The zero-order chi connectivity index (χ0) is 9.21. The van der Waals surface area contributed by atoms with Gasteiger partial charge in [0.2, 0.25) is 0 Å². The molecule has 76 valence electrons. The highest BCUT2D eigenvalue weighted by molar-refractivity contribution is 5.92. The minimum absolute atomic E-state index is 0.614. The molecule has 0 spiro atoms. The molecule has 8 saturated carbocycles. The van der Waals surface area contributed by atoms with Crippen LogP contribution in [0.3, 0.4) is 0 Å². The van der Waals surface area contributed by atoms with Gasteiger partial charge < -0.3 is 0 Å². The minimum atomic E-state index is 0.614. The molecule has 4 bridgehead atoms. The van der Waals surface area contributed by atoms with Crippen LogP contribution in [0.15, 0.2) is 0 Å². The van der Waals surface area contributed by atoms with Crippen LogP contribution in [0, 0.1) is 71.0 Å². The molecule has 8 fully saturated rings. The monoisotopic (exact) mass is 198 g/mol. The van der Waals surface area contributed by atoms with E-state index in [1.165, 1.54) is 0 Å². The SMILES string of the molecule is O=C1C2C3C4C1C1C2[C@H]2C5CC([C@@H]32)[C@H]4[C@H]15. The Bertz CT molecular complexity index is 396. The standard InChI is InChI=1S/C14H14O/c15-14-12-8-4-2-1-3-6(4)10(12)11-7(3)5(2)9(8)13(11)14/h2-13H,1H2/t2?,3?,4-,5+,6+,7-,8?,9?,10?,11?,12?,13?. The summed E-state index contributed by atoms with van der Waals surface area (Å²) in [5.41, 5.74) is 0. The molecular weight excluding hydrogens is 184 g/mol. The highest BCUT2D eigenvalue weighted by Gasteiger charge is 2.90. The highest BCUT2D eigenvalue weighted by atomic mass is 16.1. The number of Topliss-reactive ketones (excluding diaryl/α,β-unsaturated/α-hetero) is 1. The Morgan fingerprint density at radius 3 is 1.47 bits per heavy atom. The molecule has 8 rings (SSSR count). The molecule has 0 aromatic rings. The van der Waals surface area contributed by atoms with Crippen LogP contribution in [0.1, 0.15) is 6.42 Å². The van der Waals surface area contributed by atoms with Crippen molar-refractivity contribution in [2.24, 2.45) is 71.0 Å². The summed E-state index contributed by atoms with van der Waals surface area (Å²) in [4.78, 5) is 12.3. The summed E-state index contributed by atoms with van der Waals surface area (Å²) in [5.74, 6) is 12.2. The van der Waals surface area contributed by atoms with E-state index in [0.29, 0.717) is 11.8 Å². The van der Waals surface area contributed by atoms with Crippen molar-refractivity contribution in [3.8, 4) is 0 Å². The van der Waals surface area contributed by atoms with Crippen molar-refractivity contribution in [1.82, 2.24) is 0 Å². The highest BCUT2D eigenvalue weighted by Crippen LogP contribution is 2.91. The lowest BCUT2D eigenvalue weighted by Gasteiger charge is -2.24. The van der Waals surface area contributed by atoms with Crippen LogP contribution in [0.5, 0.6) is 0 Å². The third kappa shape index (κ3) is 0.325. The molecule has 0 aliphatic heterocycles. The zero-order valence-corrected chi connectivity index (χ0v) is 8.54. The lowest BCUT2D eigenvalue weighted by molar-refractivity contribution is -0.122. The average molecular weight is 198 g/mol. The minimum Gasteiger partial charge on any atom is -0.299 e. The quantitative estimate of drug-likeness (QED) is 0.575. The van der Waals surface area contributed by atoms with Crippen LogP contribution in [-0.2, 0) is 4.79 Å². The second-order valence-electron chi connectivity index (χ2n) is 7.64. The summed E-state index contributed by atoms with van der Waals surface area (Å²) in [6.45, 7) is 0. The van der Waals surface area contributed by atoms with Crippen molar-refractivity contribution in [1.29, 1.82) is 0 Å². The Labute approximate surface area is 88.6 Å². The lowest BCUT2D eigenvalue weighted by Crippen LogP contribution is -2.21. The van der Waals surface area contributed by atoms with Gasteiger partial charge in [-0.15, -0.1) is 0 Å². The summed E-state index contributed by atoms with van der Waals surface area (Å²) in [5, 5.41) is 0. The summed E-state index contributed by atoms with van der Waals surface area (Å²) in [7, 11) is 0. The van der Waals surface area contributed by atoms with Crippen LogP contribution >= 0.6 is 0 Å². The van der Waals surface area contributed by atoms with Crippen molar-refractivity contribution in [3.63, 3.8) is 0 Å². The molecule has 8 unspecified atom stereocenters. The third-order valence-corrected chi connectivity index (χ3v) is 8.39. The second kappa shape index (κ2) is 1.39. The van der Waals surface area contributed by atoms with Gasteiger partial charge in [-0.05, 0) is 65.6 Å². The fourth-order valence-electron chi connectivity index (χ4n) is 9.20. The van der Waals surface area contributed by atoms with Gasteiger partial charge in [-0.25, -0.2) is 0 Å². The van der Waals surface area contributed by atoms with Gasteiger partial charge in [-0.3, -0.25) is 4.79 Å². The molecule has 15 heavy (non-hydrogen) atoms. The zero-order valence-electron chi connectivity index (χ0n) is 8.54. The van der Waals surface area contributed by atoms with Crippen molar-refractivity contribution in [3.05, 3.63) is 0 Å². The number of carbonyl (C=O) groups is 1. The Morgan fingerprint density at radius 1 is 0.667 bits per heavy atom. The first kappa shape index (κ1) is 6.42. The molecular formula is C14H14O. The summed E-state index contributed by atoms with van der Waals surface area (Å²) in [6, 6.07) is 0. The van der Waals surface area contributed by atoms with Gasteiger partial charge in [-0.1, -0.05) is 0 Å². The maximum absolute atomic E-state index is 12.3. The van der Waals surface area contributed by atoms with Crippen LogP contribution in [0.2, 0.25) is 0 Å². The van der Waals surface area contributed by atoms with E-state index in [-0.39, 0.29) is 0 Å². The third-order valence-electron chi connectivity index (χ3n) is 8.39. The first-order chi connectivity index (χ1) is 7.39. The molecule has 0 aromatic carbocycles.